The van der Waals surface area contributed by atoms with Crippen molar-refractivity contribution < 1.29 is 5.11 Å². The summed E-state index contributed by atoms with van der Waals surface area (Å²) in [6.45, 7) is 4.24. The molecule has 13 heavy (non-hydrogen) atoms. The number of hydrogen-bond donors (Lipinski definition) is 1. The second-order valence-electron chi connectivity index (χ2n) is 4.00. The molecule has 1 nitrogen and oxygen atoms in total. The molecule has 2 rings (SSSR count). The maximum atomic E-state index is 9.76. The van der Waals surface area contributed by atoms with Crippen LogP contribution in [-0.2, 0) is 12.8 Å². The largest absolute Gasteiger partial charge is 0.508 e. The predicted octanol–water partition coefficient (Wildman–Crippen LogP) is 2.89. The second-order valence-corrected chi connectivity index (χ2v) is 4.00. The molecule has 1 aliphatic rings. The molecule has 0 spiro atoms. The Hall–Kier alpha value is -0.980. The van der Waals surface area contributed by atoms with Crippen molar-refractivity contribution in [3.05, 3.63) is 28.3 Å². The van der Waals surface area contributed by atoms with Gasteiger partial charge in [-0.1, -0.05) is 0 Å². The average molecular weight is 176 g/mol. The molecule has 0 saturated carbocycles. The maximum absolute atomic E-state index is 9.76. The fourth-order valence-corrected chi connectivity index (χ4v) is 2.24. The van der Waals surface area contributed by atoms with Crippen molar-refractivity contribution in [3.63, 3.8) is 0 Å². The predicted molar refractivity (Wildman–Crippen MR) is 54.2 cm³/mol. The third kappa shape index (κ3) is 1.32. The zero-order chi connectivity index (χ0) is 9.42. The van der Waals surface area contributed by atoms with Crippen LogP contribution in [-0.4, -0.2) is 5.11 Å². The lowest BCUT2D eigenvalue weighted by molar-refractivity contribution is 0.461. The molecule has 0 radical (unpaired) electrons. The molecule has 1 heteroatoms. The highest BCUT2D eigenvalue weighted by Crippen LogP contribution is 2.32. The topological polar surface area (TPSA) is 20.2 Å². The van der Waals surface area contributed by atoms with Gasteiger partial charge in [-0.15, -0.1) is 0 Å². The summed E-state index contributed by atoms with van der Waals surface area (Å²) in [7, 11) is 0. The maximum Gasteiger partial charge on any atom is 0.119 e. The summed E-state index contributed by atoms with van der Waals surface area (Å²) >= 11 is 0. The fourth-order valence-electron chi connectivity index (χ4n) is 2.24. The number of phenols is 1. The smallest absolute Gasteiger partial charge is 0.119 e. The Bertz CT molecular complexity index is 339. The monoisotopic (exact) mass is 176 g/mol. The molecule has 1 aliphatic carbocycles. The number of benzene rings is 1. The molecule has 1 aromatic rings. The summed E-state index contributed by atoms with van der Waals surface area (Å²) in [5, 5.41) is 9.76. The Kier molecular flexibility index (Phi) is 2.03. The molecule has 0 saturated heterocycles. The Morgan fingerprint density at radius 2 is 1.69 bits per heavy atom. The Morgan fingerprint density at radius 1 is 1.08 bits per heavy atom. The van der Waals surface area contributed by atoms with E-state index in [1.54, 1.807) is 0 Å². The standard InChI is InChI=1S/C12H16O/c1-8-7-12(13)11-6-4-3-5-10(11)9(8)2/h7,13H,3-6H2,1-2H3. The lowest BCUT2D eigenvalue weighted by Gasteiger charge is -2.20. The van der Waals surface area contributed by atoms with Crippen LogP contribution in [0.5, 0.6) is 5.75 Å². The third-order valence-corrected chi connectivity index (χ3v) is 3.17. The molecule has 0 atom stereocenters. The zero-order valence-electron chi connectivity index (χ0n) is 8.35. The van der Waals surface area contributed by atoms with Crippen molar-refractivity contribution in [1.82, 2.24) is 0 Å². The first-order valence-electron chi connectivity index (χ1n) is 5.01. The van der Waals surface area contributed by atoms with E-state index in [2.05, 4.69) is 13.8 Å². The highest BCUT2D eigenvalue weighted by atomic mass is 16.3. The SMILES string of the molecule is Cc1cc(O)c2c(c1C)CCCC2. The van der Waals surface area contributed by atoms with E-state index in [0.29, 0.717) is 5.75 Å². The molecule has 0 amide bonds. The zero-order valence-corrected chi connectivity index (χ0v) is 8.35. The van der Waals surface area contributed by atoms with Gasteiger partial charge in [0.05, 0.1) is 0 Å². The molecule has 0 aromatic heterocycles. The highest BCUT2D eigenvalue weighted by molar-refractivity contribution is 5.49. The van der Waals surface area contributed by atoms with Gasteiger partial charge in [-0.25, -0.2) is 0 Å². The van der Waals surface area contributed by atoms with Crippen LogP contribution in [0.25, 0.3) is 0 Å². The van der Waals surface area contributed by atoms with Gasteiger partial charge in [-0.3, -0.25) is 0 Å². The van der Waals surface area contributed by atoms with Crippen molar-refractivity contribution in [3.8, 4) is 5.75 Å². The molecular formula is C12H16O. The summed E-state index contributed by atoms with van der Waals surface area (Å²) in [5.74, 6) is 0.512. The molecule has 0 heterocycles. The van der Waals surface area contributed by atoms with Gasteiger partial charge in [-0.2, -0.15) is 0 Å². The van der Waals surface area contributed by atoms with Crippen LogP contribution < -0.4 is 0 Å². The van der Waals surface area contributed by atoms with Gasteiger partial charge in [0.25, 0.3) is 0 Å². The van der Waals surface area contributed by atoms with E-state index in [1.165, 1.54) is 35.1 Å². The van der Waals surface area contributed by atoms with Crippen molar-refractivity contribution in [2.45, 2.75) is 39.5 Å². The van der Waals surface area contributed by atoms with E-state index in [9.17, 15) is 5.11 Å². The Balaban J connectivity index is 2.63. The van der Waals surface area contributed by atoms with E-state index in [-0.39, 0.29) is 0 Å². The van der Waals surface area contributed by atoms with Gasteiger partial charge >= 0.3 is 0 Å². The summed E-state index contributed by atoms with van der Waals surface area (Å²) in [6.07, 6.45) is 4.71. The molecule has 1 aromatic carbocycles. The Labute approximate surface area is 79.4 Å². The average Bonchev–Trinajstić information content (AvgIpc) is 2.15. The van der Waals surface area contributed by atoms with Gasteiger partial charge in [0.15, 0.2) is 0 Å². The van der Waals surface area contributed by atoms with Crippen molar-refractivity contribution >= 4 is 0 Å². The molecule has 0 fully saturated rings. The summed E-state index contributed by atoms with van der Waals surface area (Å²) in [5.41, 5.74) is 5.21. The van der Waals surface area contributed by atoms with Crippen LogP contribution in [0.2, 0.25) is 0 Å². The van der Waals surface area contributed by atoms with Crippen LogP contribution in [0.3, 0.4) is 0 Å². The second kappa shape index (κ2) is 3.06. The number of aromatic hydroxyl groups is 1. The lowest BCUT2D eigenvalue weighted by Crippen LogP contribution is -2.06. The van der Waals surface area contributed by atoms with E-state index in [1.807, 2.05) is 6.07 Å². The van der Waals surface area contributed by atoms with Crippen LogP contribution in [0.1, 0.15) is 35.1 Å². The Morgan fingerprint density at radius 3 is 2.38 bits per heavy atom. The molecule has 1 N–H and O–H groups in total. The number of rotatable bonds is 0. The molecular weight excluding hydrogens is 160 g/mol. The van der Waals surface area contributed by atoms with Crippen LogP contribution in [0, 0.1) is 13.8 Å². The van der Waals surface area contributed by atoms with E-state index in [4.69, 9.17) is 0 Å². The molecule has 0 aliphatic heterocycles. The van der Waals surface area contributed by atoms with Crippen LogP contribution >= 0.6 is 0 Å². The first-order chi connectivity index (χ1) is 6.20. The molecule has 0 bridgehead atoms. The first kappa shape index (κ1) is 8.61. The van der Waals surface area contributed by atoms with Crippen LogP contribution in [0.15, 0.2) is 6.07 Å². The highest BCUT2D eigenvalue weighted by Gasteiger charge is 2.16. The minimum atomic E-state index is 0.512. The van der Waals surface area contributed by atoms with Gasteiger partial charge in [-0.05, 0) is 67.9 Å². The van der Waals surface area contributed by atoms with E-state index < -0.39 is 0 Å². The minimum absolute atomic E-state index is 0.512. The summed E-state index contributed by atoms with van der Waals surface area (Å²) in [6, 6.07) is 1.90. The number of phenolic OH excluding ortho intramolecular Hbond substituents is 1. The lowest BCUT2D eigenvalue weighted by atomic mass is 9.86. The quantitative estimate of drug-likeness (QED) is 0.644. The van der Waals surface area contributed by atoms with Gasteiger partial charge in [0.2, 0.25) is 0 Å². The van der Waals surface area contributed by atoms with Gasteiger partial charge < -0.3 is 5.11 Å². The van der Waals surface area contributed by atoms with Crippen molar-refractivity contribution in [2.75, 3.05) is 0 Å². The normalized spacial score (nSPS) is 15.5. The minimum Gasteiger partial charge on any atom is -0.508 e. The van der Waals surface area contributed by atoms with E-state index >= 15 is 0 Å². The van der Waals surface area contributed by atoms with Gasteiger partial charge in [0.1, 0.15) is 5.75 Å². The first-order valence-corrected chi connectivity index (χ1v) is 5.01. The van der Waals surface area contributed by atoms with Crippen molar-refractivity contribution in [1.29, 1.82) is 0 Å². The molecule has 0 unspecified atom stereocenters. The summed E-state index contributed by atoms with van der Waals surface area (Å²) < 4.78 is 0. The van der Waals surface area contributed by atoms with Crippen molar-refractivity contribution in [2.24, 2.45) is 0 Å². The number of aryl methyl sites for hydroxylation is 1. The number of hydrogen-bond acceptors (Lipinski definition) is 1. The number of fused-ring (bicyclic) bond motifs is 1. The van der Waals surface area contributed by atoms with Gasteiger partial charge in [0, 0.05) is 0 Å². The fraction of sp³-hybridized carbons (Fsp3) is 0.500. The molecule has 70 valence electrons. The third-order valence-electron chi connectivity index (χ3n) is 3.17. The summed E-state index contributed by atoms with van der Waals surface area (Å²) in [4.78, 5) is 0. The van der Waals surface area contributed by atoms with Crippen LogP contribution in [0.4, 0.5) is 0 Å². The van der Waals surface area contributed by atoms with E-state index in [0.717, 1.165) is 12.8 Å².